The zero-order valence-corrected chi connectivity index (χ0v) is 21.4. The van der Waals surface area contributed by atoms with Crippen molar-refractivity contribution in [2.24, 2.45) is 0 Å². The van der Waals surface area contributed by atoms with Crippen LogP contribution in [0.1, 0.15) is 16.7 Å². The van der Waals surface area contributed by atoms with Crippen LogP contribution in [0.3, 0.4) is 0 Å². The fourth-order valence-corrected chi connectivity index (χ4v) is 4.02. The SMILES string of the molecule is C=CCc1cc(/C=C2\C(=O)NC(=O)N(c3ccc(Cl)cc3)C2=O)ccc1OCc1ccc(I)cc1. The van der Waals surface area contributed by atoms with Gasteiger partial charge in [0.15, 0.2) is 0 Å². The first-order chi connectivity index (χ1) is 16.9. The number of ether oxygens (including phenoxy) is 1. The van der Waals surface area contributed by atoms with Crippen molar-refractivity contribution in [2.45, 2.75) is 13.0 Å². The molecule has 1 aliphatic heterocycles. The van der Waals surface area contributed by atoms with E-state index in [-0.39, 0.29) is 5.57 Å². The molecular weight excluding hydrogens is 579 g/mol. The van der Waals surface area contributed by atoms with E-state index in [0.29, 0.717) is 35.1 Å². The van der Waals surface area contributed by atoms with Crippen LogP contribution >= 0.6 is 34.2 Å². The first kappa shape index (κ1) is 24.7. The second-order valence-electron chi connectivity index (χ2n) is 7.71. The molecule has 0 bridgehead atoms. The van der Waals surface area contributed by atoms with Crippen molar-refractivity contribution < 1.29 is 19.1 Å². The predicted octanol–water partition coefficient (Wildman–Crippen LogP) is 5.92. The lowest BCUT2D eigenvalue weighted by Crippen LogP contribution is -2.54. The molecule has 1 aliphatic rings. The summed E-state index contributed by atoms with van der Waals surface area (Å²) in [5.74, 6) is -0.789. The number of hydrogen-bond donors (Lipinski definition) is 1. The zero-order chi connectivity index (χ0) is 24.9. The minimum absolute atomic E-state index is 0.156. The van der Waals surface area contributed by atoms with E-state index >= 15 is 0 Å². The van der Waals surface area contributed by atoms with Crippen molar-refractivity contribution in [1.82, 2.24) is 5.32 Å². The maximum absolute atomic E-state index is 13.1. The molecule has 1 N–H and O–H groups in total. The van der Waals surface area contributed by atoms with E-state index in [0.717, 1.165) is 19.6 Å². The normalized spacial score (nSPS) is 14.7. The smallest absolute Gasteiger partial charge is 0.335 e. The number of nitrogens with zero attached hydrogens (tertiary/aromatic N) is 1. The number of nitrogens with one attached hydrogen (secondary N) is 1. The number of barbiturate groups is 1. The van der Waals surface area contributed by atoms with Gasteiger partial charge >= 0.3 is 6.03 Å². The summed E-state index contributed by atoms with van der Waals surface area (Å²) in [4.78, 5) is 38.9. The topological polar surface area (TPSA) is 75.7 Å². The van der Waals surface area contributed by atoms with Crippen molar-refractivity contribution in [2.75, 3.05) is 4.90 Å². The van der Waals surface area contributed by atoms with E-state index < -0.39 is 17.8 Å². The number of carbonyl (C=O) groups is 3. The summed E-state index contributed by atoms with van der Waals surface area (Å²) in [6.45, 7) is 4.21. The second kappa shape index (κ2) is 10.9. The van der Waals surface area contributed by atoms with Gasteiger partial charge in [-0.3, -0.25) is 14.9 Å². The number of benzene rings is 3. The number of allylic oxidation sites excluding steroid dienone is 1. The Kier molecular flexibility index (Phi) is 7.67. The van der Waals surface area contributed by atoms with Crippen molar-refractivity contribution >= 4 is 63.8 Å². The highest BCUT2D eigenvalue weighted by atomic mass is 127. The summed E-state index contributed by atoms with van der Waals surface area (Å²) in [6.07, 6.45) is 3.75. The summed E-state index contributed by atoms with van der Waals surface area (Å²) < 4.78 is 7.17. The third kappa shape index (κ3) is 5.80. The molecule has 1 fully saturated rings. The molecule has 4 rings (SSSR count). The van der Waals surface area contributed by atoms with Gasteiger partial charge in [-0.1, -0.05) is 35.9 Å². The van der Waals surface area contributed by atoms with Crippen molar-refractivity contribution in [3.63, 3.8) is 0 Å². The highest BCUT2D eigenvalue weighted by molar-refractivity contribution is 14.1. The van der Waals surface area contributed by atoms with Gasteiger partial charge in [-0.2, -0.15) is 0 Å². The van der Waals surface area contributed by atoms with Gasteiger partial charge in [0.05, 0.1) is 5.69 Å². The molecule has 8 heteroatoms. The summed E-state index contributed by atoms with van der Waals surface area (Å²) in [5, 5.41) is 2.68. The lowest BCUT2D eigenvalue weighted by Gasteiger charge is -2.26. The van der Waals surface area contributed by atoms with Crippen LogP contribution in [0.4, 0.5) is 10.5 Å². The molecule has 0 saturated carbocycles. The second-order valence-corrected chi connectivity index (χ2v) is 9.39. The fraction of sp³-hybridized carbons (Fsp3) is 0.0741. The average Bonchev–Trinajstić information content (AvgIpc) is 2.83. The number of amides is 4. The molecule has 0 aliphatic carbocycles. The largest absolute Gasteiger partial charge is 0.489 e. The predicted molar refractivity (Wildman–Crippen MR) is 144 cm³/mol. The maximum atomic E-state index is 13.1. The summed E-state index contributed by atoms with van der Waals surface area (Å²) >= 11 is 8.16. The third-order valence-electron chi connectivity index (χ3n) is 5.25. The standard InChI is InChI=1S/C27H20ClIN2O4/c1-2-3-19-14-18(6-13-24(19)35-16-17-4-9-21(29)10-5-17)15-23-25(32)30-27(34)31(26(23)33)22-11-7-20(28)8-12-22/h2,4-15H,1,3,16H2,(H,30,32,34)/b23-15+. The third-order valence-corrected chi connectivity index (χ3v) is 6.23. The molecule has 1 saturated heterocycles. The molecule has 0 radical (unpaired) electrons. The van der Waals surface area contributed by atoms with E-state index in [1.165, 1.54) is 18.2 Å². The monoisotopic (exact) mass is 598 g/mol. The highest BCUT2D eigenvalue weighted by Gasteiger charge is 2.36. The summed E-state index contributed by atoms with van der Waals surface area (Å²) in [7, 11) is 0. The van der Waals surface area contributed by atoms with Crippen LogP contribution in [0.2, 0.25) is 5.02 Å². The molecule has 0 spiro atoms. The Morgan fingerprint density at radius 3 is 2.40 bits per heavy atom. The number of rotatable bonds is 7. The Hall–Kier alpha value is -3.43. The van der Waals surface area contributed by atoms with E-state index in [1.54, 1.807) is 30.3 Å². The molecule has 35 heavy (non-hydrogen) atoms. The molecule has 3 aromatic carbocycles. The maximum Gasteiger partial charge on any atom is 0.335 e. The minimum Gasteiger partial charge on any atom is -0.489 e. The van der Waals surface area contributed by atoms with Crippen molar-refractivity contribution in [3.05, 3.63) is 110 Å². The molecule has 176 valence electrons. The minimum atomic E-state index is -0.814. The van der Waals surface area contributed by atoms with Gasteiger partial charge in [-0.25, -0.2) is 9.69 Å². The van der Waals surface area contributed by atoms with Crippen molar-refractivity contribution in [1.29, 1.82) is 0 Å². The summed E-state index contributed by atoms with van der Waals surface area (Å²) in [5.41, 5.74) is 2.66. The van der Waals surface area contributed by atoms with Gasteiger partial charge in [0.2, 0.25) is 0 Å². The van der Waals surface area contributed by atoms with E-state index in [4.69, 9.17) is 16.3 Å². The van der Waals surface area contributed by atoms with Crippen LogP contribution in [-0.2, 0) is 22.6 Å². The lowest BCUT2D eigenvalue weighted by molar-refractivity contribution is -0.122. The quantitative estimate of drug-likeness (QED) is 0.159. The Morgan fingerprint density at radius 2 is 1.71 bits per heavy atom. The van der Waals surface area contributed by atoms with Gasteiger partial charge in [-0.15, -0.1) is 6.58 Å². The van der Waals surface area contributed by atoms with Gasteiger partial charge in [-0.05, 0) is 100 Å². The molecule has 0 unspecified atom stereocenters. The van der Waals surface area contributed by atoms with E-state index in [1.807, 2.05) is 30.3 Å². The molecule has 1 heterocycles. The van der Waals surface area contributed by atoms with Crippen LogP contribution < -0.4 is 15.0 Å². The Balaban J connectivity index is 1.60. The molecule has 4 amide bonds. The number of hydrogen-bond acceptors (Lipinski definition) is 4. The first-order valence-electron chi connectivity index (χ1n) is 10.6. The number of imide groups is 2. The Morgan fingerprint density at radius 1 is 1.00 bits per heavy atom. The summed E-state index contributed by atoms with van der Waals surface area (Å²) in [6, 6.07) is 18.8. The van der Waals surface area contributed by atoms with Gasteiger partial charge in [0.25, 0.3) is 11.8 Å². The fourth-order valence-electron chi connectivity index (χ4n) is 3.54. The van der Waals surface area contributed by atoms with Crippen LogP contribution in [0.25, 0.3) is 6.08 Å². The molecule has 6 nitrogen and oxygen atoms in total. The molecule has 3 aromatic rings. The van der Waals surface area contributed by atoms with Crippen LogP contribution in [0.5, 0.6) is 5.75 Å². The van der Waals surface area contributed by atoms with E-state index in [9.17, 15) is 14.4 Å². The first-order valence-corrected chi connectivity index (χ1v) is 12.1. The van der Waals surface area contributed by atoms with Crippen LogP contribution in [0.15, 0.2) is 85.0 Å². The highest BCUT2D eigenvalue weighted by Crippen LogP contribution is 2.26. The van der Waals surface area contributed by atoms with Crippen molar-refractivity contribution in [3.8, 4) is 5.75 Å². The zero-order valence-electron chi connectivity index (χ0n) is 18.5. The molecule has 0 atom stereocenters. The van der Waals surface area contributed by atoms with Gasteiger partial charge in [0, 0.05) is 8.59 Å². The number of urea groups is 1. The molecular formula is C27H20ClIN2O4. The van der Waals surface area contributed by atoms with E-state index in [2.05, 4.69) is 34.5 Å². The van der Waals surface area contributed by atoms with Crippen LogP contribution in [0, 0.1) is 3.57 Å². The van der Waals surface area contributed by atoms with Crippen LogP contribution in [-0.4, -0.2) is 17.8 Å². The Labute approximate surface area is 221 Å². The number of carbonyl (C=O) groups excluding carboxylic acids is 3. The van der Waals surface area contributed by atoms with Gasteiger partial charge in [0.1, 0.15) is 17.9 Å². The Bertz CT molecular complexity index is 1330. The lowest BCUT2D eigenvalue weighted by atomic mass is 10.0. The molecule has 0 aromatic heterocycles. The van der Waals surface area contributed by atoms with Gasteiger partial charge < -0.3 is 4.74 Å². The number of halogens is 2. The average molecular weight is 599 g/mol. The number of anilines is 1.